The molecule has 10 nitrogen and oxygen atoms in total. The Morgan fingerprint density at radius 2 is 1.09 bits per heavy atom. The fourth-order valence-electron chi connectivity index (χ4n) is 3.92. The second kappa shape index (κ2) is 17.6. The van der Waals surface area contributed by atoms with Gasteiger partial charge in [-0.2, -0.15) is 0 Å². The van der Waals surface area contributed by atoms with E-state index in [0.717, 1.165) is 21.6 Å². The van der Waals surface area contributed by atoms with E-state index in [0.29, 0.717) is 73.1 Å². The normalized spacial score (nSPS) is 11.1. The van der Waals surface area contributed by atoms with Crippen molar-refractivity contribution in [3.8, 4) is 23.0 Å². The van der Waals surface area contributed by atoms with Crippen LogP contribution in [0.3, 0.4) is 0 Å². The van der Waals surface area contributed by atoms with Crippen molar-refractivity contribution in [2.24, 2.45) is 0 Å². The van der Waals surface area contributed by atoms with Gasteiger partial charge < -0.3 is 41.9 Å². The number of carbonyl (C=O) groups is 2. The van der Waals surface area contributed by atoms with E-state index in [1.807, 2.05) is 12.1 Å². The zero-order valence-electron chi connectivity index (χ0n) is 25.1. The molecule has 0 bridgehead atoms. The third-order valence-corrected chi connectivity index (χ3v) is 8.75. The largest absolute Gasteiger partial charge is 0.469 e. The van der Waals surface area contributed by atoms with E-state index in [-0.39, 0.29) is 12.4 Å². The van der Waals surface area contributed by atoms with Crippen molar-refractivity contribution in [3.05, 3.63) is 89.7 Å². The molecule has 0 fully saturated rings. The van der Waals surface area contributed by atoms with Crippen LogP contribution >= 0.6 is 63.7 Å². The molecule has 0 heterocycles. The molecule has 0 aliphatic carbocycles. The van der Waals surface area contributed by atoms with Crippen molar-refractivity contribution < 1.29 is 32.9 Å². The summed E-state index contributed by atoms with van der Waals surface area (Å²) in [6, 6.07) is 17.2. The fraction of sp³-hybridized carbons (Fsp3) is 0.188. The van der Waals surface area contributed by atoms with Gasteiger partial charge in [0.1, 0.15) is 11.5 Å². The predicted molar refractivity (Wildman–Crippen MR) is 195 cm³/mol. The van der Waals surface area contributed by atoms with Crippen LogP contribution in [0.5, 0.6) is 23.0 Å². The van der Waals surface area contributed by atoms with Crippen LogP contribution < -0.4 is 32.4 Å². The van der Waals surface area contributed by atoms with Crippen LogP contribution in [0.1, 0.15) is 17.5 Å². The number of esters is 2. The molecule has 0 aromatic heterocycles. The Morgan fingerprint density at radius 1 is 0.660 bits per heavy atom. The number of nitrogen functional groups attached to an aromatic ring is 4. The van der Waals surface area contributed by atoms with E-state index in [1.165, 1.54) is 7.11 Å². The molecule has 4 aromatic rings. The highest BCUT2D eigenvalue weighted by molar-refractivity contribution is 9.11. The van der Waals surface area contributed by atoms with Crippen LogP contribution in [0.4, 0.5) is 27.1 Å². The molecule has 4 aromatic carbocycles. The van der Waals surface area contributed by atoms with Gasteiger partial charge in [-0.25, -0.2) is 9.18 Å². The zero-order valence-corrected chi connectivity index (χ0v) is 31.5. The van der Waals surface area contributed by atoms with Crippen LogP contribution in [0.2, 0.25) is 0 Å². The van der Waals surface area contributed by atoms with Gasteiger partial charge in [-0.1, -0.05) is 0 Å². The Morgan fingerprint density at radius 3 is 1.47 bits per heavy atom. The molecular formula is C32H31Br4FN4O6. The van der Waals surface area contributed by atoms with Crippen LogP contribution in [0.25, 0.3) is 0 Å². The fourth-order valence-corrected chi connectivity index (χ4v) is 6.80. The molecule has 0 saturated heterocycles. The van der Waals surface area contributed by atoms with Crippen molar-refractivity contribution in [2.75, 3.05) is 37.2 Å². The summed E-state index contributed by atoms with van der Waals surface area (Å²) in [6.07, 6.45) is -0.917. The summed E-state index contributed by atoms with van der Waals surface area (Å²) in [5, 5.41) is 0. The zero-order chi connectivity index (χ0) is 34.8. The Balaban J connectivity index is 0.000000256. The molecular weight excluding hydrogens is 875 g/mol. The molecule has 0 aliphatic heterocycles. The average Bonchev–Trinajstić information content (AvgIpc) is 3.02. The molecule has 8 N–H and O–H groups in total. The highest BCUT2D eigenvalue weighted by Crippen LogP contribution is 2.40. The summed E-state index contributed by atoms with van der Waals surface area (Å²) >= 11 is 13.7. The van der Waals surface area contributed by atoms with Gasteiger partial charge in [0.2, 0.25) is 6.17 Å². The lowest BCUT2D eigenvalue weighted by molar-refractivity contribution is -0.146. The third-order valence-electron chi connectivity index (χ3n) is 6.39. The minimum absolute atomic E-state index is 0.0982. The van der Waals surface area contributed by atoms with Gasteiger partial charge in [0.05, 0.1) is 54.9 Å². The molecule has 0 radical (unpaired) electrons. The first-order valence-corrected chi connectivity index (χ1v) is 16.8. The molecule has 0 saturated carbocycles. The lowest BCUT2D eigenvalue weighted by Crippen LogP contribution is -2.19. The number of nitrogens with two attached hydrogens (primary N) is 4. The summed E-state index contributed by atoms with van der Waals surface area (Å²) in [5.41, 5.74) is 26.3. The van der Waals surface area contributed by atoms with E-state index in [9.17, 15) is 14.0 Å². The number of ether oxygens (including phenoxy) is 4. The lowest BCUT2D eigenvalue weighted by Gasteiger charge is -2.13. The van der Waals surface area contributed by atoms with Crippen LogP contribution in [0, 0.1) is 0 Å². The number of benzene rings is 4. The van der Waals surface area contributed by atoms with Crippen molar-refractivity contribution >= 4 is 98.4 Å². The summed E-state index contributed by atoms with van der Waals surface area (Å²) in [6.45, 7) is 0. The first-order chi connectivity index (χ1) is 22.2. The molecule has 4 rings (SSSR count). The average molecular weight is 906 g/mol. The summed E-state index contributed by atoms with van der Waals surface area (Å²) in [7, 11) is 2.53. The number of alkyl halides is 1. The summed E-state index contributed by atoms with van der Waals surface area (Å²) in [4.78, 5) is 22.4. The molecule has 15 heteroatoms. The number of hydrogen-bond acceptors (Lipinski definition) is 10. The van der Waals surface area contributed by atoms with E-state index < -0.39 is 12.1 Å². The van der Waals surface area contributed by atoms with Crippen LogP contribution in [-0.4, -0.2) is 32.3 Å². The number of aryl methyl sites for hydroxylation is 1. The number of carbonyl (C=O) groups excluding carboxylic acids is 2. The minimum atomic E-state index is -1.72. The predicted octanol–water partition coefficient (Wildman–Crippen LogP) is 8.50. The maximum atomic E-state index is 13.7. The van der Waals surface area contributed by atoms with Crippen LogP contribution in [-0.2, 0) is 31.9 Å². The van der Waals surface area contributed by atoms with Crippen LogP contribution in [0.15, 0.2) is 78.6 Å². The maximum absolute atomic E-state index is 13.7. The molecule has 47 heavy (non-hydrogen) atoms. The Kier molecular flexibility index (Phi) is 14.2. The highest BCUT2D eigenvalue weighted by Gasteiger charge is 2.20. The van der Waals surface area contributed by atoms with E-state index in [1.54, 1.807) is 48.5 Å². The van der Waals surface area contributed by atoms with E-state index in [4.69, 9.17) is 32.4 Å². The molecule has 0 spiro atoms. The van der Waals surface area contributed by atoms with Gasteiger partial charge in [-0.05, 0) is 130 Å². The Labute approximate surface area is 304 Å². The molecule has 250 valence electrons. The van der Waals surface area contributed by atoms with Gasteiger partial charge in [0.25, 0.3) is 0 Å². The Hall–Kier alpha value is -3.53. The van der Waals surface area contributed by atoms with Gasteiger partial charge in [0.15, 0.2) is 11.5 Å². The van der Waals surface area contributed by atoms with Gasteiger partial charge in [-0.3, -0.25) is 4.79 Å². The van der Waals surface area contributed by atoms with Gasteiger partial charge >= 0.3 is 11.9 Å². The lowest BCUT2D eigenvalue weighted by atomic mass is 10.1. The van der Waals surface area contributed by atoms with Crippen molar-refractivity contribution in [2.45, 2.75) is 25.4 Å². The summed E-state index contributed by atoms with van der Waals surface area (Å²) in [5.74, 6) is 1.07. The Bertz CT molecular complexity index is 1720. The highest BCUT2D eigenvalue weighted by atomic mass is 79.9. The summed E-state index contributed by atoms with van der Waals surface area (Å²) < 4.78 is 37.1. The smallest absolute Gasteiger partial charge is 0.340 e. The SMILES string of the molecule is COC(=O)C(F)Cc1cc(Br)c(Oc2ccc(N)c(N)c2)c(Br)c1.COC(=O)CCc1cc(Br)c(Oc2ccc(N)c(N)c2)c(Br)c1. The maximum Gasteiger partial charge on any atom is 0.340 e. The first kappa shape index (κ1) is 37.9. The number of methoxy groups -OCH3 is 2. The van der Waals surface area contributed by atoms with Crippen molar-refractivity contribution in [1.29, 1.82) is 0 Å². The first-order valence-electron chi connectivity index (χ1n) is 13.6. The minimum Gasteiger partial charge on any atom is -0.469 e. The van der Waals surface area contributed by atoms with E-state index in [2.05, 4.69) is 73.2 Å². The van der Waals surface area contributed by atoms with E-state index >= 15 is 0 Å². The second-order valence-electron chi connectivity index (χ2n) is 9.83. The standard InChI is InChI=1S/C16H15Br2FN2O3.C16H16Br2N2O3/c1-23-16(22)12(19)6-8-4-10(17)15(11(18)5-8)24-9-2-3-13(20)14(21)7-9;1-22-15(21)5-2-9-6-11(17)16(12(18)7-9)23-10-3-4-13(19)14(20)8-10/h2-5,7,12H,6,20-21H2,1H3;3-4,6-8H,2,5,19-20H2,1H3. The van der Waals surface area contributed by atoms with Crippen molar-refractivity contribution in [3.63, 3.8) is 0 Å². The quantitative estimate of drug-likeness (QED) is 0.0893. The monoisotopic (exact) mass is 902 g/mol. The molecule has 0 aliphatic rings. The number of hydrogen-bond donors (Lipinski definition) is 4. The van der Waals surface area contributed by atoms with Crippen molar-refractivity contribution in [1.82, 2.24) is 0 Å². The molecule has 0 amide bonds. The third kappa shape index (κ3) is 11.0. The molecule has 1 unspecified atom stereocenters. The second-order valence-corrected chi connectivity index (χ2v) is 13.3. The van der Waals surface area contributed by atoms with Gasteiger partial charge in [-0.15, -0.1) is 0 Å². The molecule has 1 atom stereocenters. The topological polar surface area (TPSA) is 175 Å². The number of anilines is 4. The van der Waals surface area contributed by atoms with Gasteiger partial charge in [0, 0.05) is 25.0 Å². The number of halogens is 5. The number of rotatable bonds is 10.